The maximum Gasteiger partial charge on any atom is 0.331 e. The number of hydrogen-bond donors (Lipinski definition) is 1. The van der Waals surface area contributed by atoms with Crippen LogP contribution in [0.15, 0.2) is 91.0 Å². The molecule has 0 spiro atoms. The predicted octanol–water partition coefficient (Wildman–Crippen LogP) is 5.02. The fourth-order valence-electron chi connectivity index (χ4n) is 2.83. The van der Waals surface area contributed by atoms with Gasteiger partial charge < -0.3 is 14.8 Å². The average molecular weight is 401 g/mol. The molecule has 0 aliphatic carbocycles. The lowest BCUT2D eigenvalue weighted by Crippen LogP contribution is -2.25. The molecule has 3 aromatic carbocycles. The minimum Gasteiger partial charge on any atom is -0.492 e. The third-order valence-electron chi connectivity index (χ3n) is 4.23. The molecular weight excluding hydrogens is 378 g/mol. The molecule has 1 atom stereocenters. The van der Waals surface area contributed by atoms with Gasteiger partial charge in [-0.15, -0.1) is 0 Å². The van der Waals surface area contributed by atoms with Crippen LogP contribution in [0.25, 0.3) is 6.08 Å². The smallest absolute Gasteiger partial charge is 0.331 e. The third-order valence-corrected chi connectivity index (χ3v) is 4.23. The molecule has 1 amide bonds. The SMILES string of the molecule is CCOc1ccccc1NC(=O)C(OC(=O)/C=C/c1ccccc1)c1ccccc1. The Morgan fingerprint density at radius 3 is 2.23 bits per heavy atom. The highest BCUT2D eigenvalue weighted by Crippen LogP contribution is 2.26. The van der Waals surface area contributed by atoms with Gasteiger partial charge in [-0.2, -0.15) is 0 Å². The number of amides is 1. The Morgan fingerprint density at radius 2 is 1.53 bits per heavy atom. The van der Waals surface area contributed by atoms with E-state index in [0.29, 0.717) is 23.6 Å². The minimum absolute atomic E-state index is 0.463. The molecule has 0 fully saturated rings. The van der Waals surface area contributed by atoms with Gasteiger partial charge in [0.2, 0.25) is 6.10 Å². The number of nitrogens with one attached hydrogen (secondary N) is 1. The Kier molecular flexibility index (Phi) is 7.39. The summed E-state index contributed by atoms with van der Waals surface area (Å²) < 4.78 is 11.1. The van der Waals surface area contributed by atoms with E-state index in [-0.39, 0.29) is 0 Å². The van der Waals surface area contributed by atoms with Crippen molar-refractivity contribution in [3.05, 3.63) is 102 Å². The molecule has 1 unspecified atom stereocenters. The lowest BCUT2D eigenvalue weighted by Gasteiger charge is -2.18. The first-order chi connectivity index (χ1) is 14.7. The molecular formula is C25H23NO4. The molecule has 0 saturated heterocycles. The van der Waals surface area contributed by atoms with Gasteiger partial charge in [0.25, 0.3) is 5.91 Å². The highest BCUT2D eigenvalue weighted by Gasteiger charge is 2.25. The van der Waals surface area contributed by atoms with Crippen LogP contribution in [0.5, 0.6) is 5.75 Å². The van der Waals surface area contributed by atoms with Crippen LogP contribution >= 0.6 is 0 Å². The van der Waals surface area contributed by atoms with Crippen molar-refractivity contribution >= 4 is 23.6 Å². The van der Waals surface area contributed by atoms with Gasteiger partial charge in [0.05, 0.1) is 12.3 Å². The van der Waals surface area contributed by atoms with Crippen LogP contribution in [0.1, 0.15) is 24.2 Å². The van der Waals surface area contributed by atoms with Crippen molar-refractivity contribution in [3.63, 3.8) is 0 Å². The van der Waals surface area contributed by atoms with E-state index < -0.39 is 18.0 Å². The molecule has 0 saturated carbocycles. The minimum atomic E-state index is -1.10. The third kappa shape index (κ3) is 5.82. The summed E-state index contributed by atoms with van der Waals surface area (Å²) in [5.41, 5.74) is 1.95. The predicted molar refractivity (Wildman–Crippen MR) is 117 cm³/mol. The monoisotopic (exact) mass is 401 g/mol. The van der Waals surface area contributed by atoms with Crippen LogP contribution in [0.4, 0.5) is 5.69 Å². The van der Waals surface area contributed by atoms with E-state index in [1.54, 1.807) is 48.5 Å². The van der Waals surface area contributed by atoms with Gasteiger partial charge in [-0.05, 0) is 30.7 Å². The first kappa shape index (κ1) is 20.9. The molecule has 5 heteroatoms. The van der Waals surface area contributed by atoms with Crippen molar-refractivity contribution < 1.29 is 19.1 Å². The Hall–Kier alpha value is -3.86. The molecule has 3 rings (SSSR count). The Bertz CT molecular complexity index is 1000. The molecule has 1 N–H and O–H groups in total. The van der Waals surface area contributed by atoms with E-state index in [2.05, 4.69) is 5.32 Å². The number of ether oxygens (including phenoxy) is 2. The lowest BCUT2D eigenvalue weighted by molar-refractivity contribution is -0.149. The summed E-state index contributed by atoms with van der Waals surface area (Å²) in [4.78, 5) is 25.4. The highest BCUT2D eigenvalue weighted by atomic mass is 16.5. The molecule has 5 nitrogen and oxygen atoms in total. The van der Waals surface area contributed by atoms with Gasteiger partial charge in [0.1, 0.15) is 5.75 Å². The van der Waals surface area contributed by atoms with Gasteiger partial charge >= 0.3 is 5.97 Å². The number of esters is 1. The van der Waals surface area contributed by atoms with Crippen molar-refractivity contribution in [2.75, 3.05) is 11.9 Å². The van der Waals surface area contributed by atoms with Crippen LogP contribution in [0.3, 0.4) is 0 Å². The summed E-state index contributed by atoms with van der Waals surface area (Å²) in [5.74, 6) is -0.522. The summed E-state index contributed by atoms with van der Waals surface area (Å²) in [7, 11) is 0. The normalized spacial score (nSPS) is 11.6. The highest BCUT2D eigenvalue weighted by molar-refractivity contribution is 5.98. The number of rotatable bonds is 8. The van der Waals surface area contributed by atoms with Gasteiger partial charge in [0, 0.05) is 11.6 Å². The fourth-order valence-corrected chi connectivity index (χ4v) is 2.83. The summed E-state index contributed by atoms with van der Waals surface area (Å²) in [6.07, 6.45) is 1.85. The van der Waals surface area contributed by atoms with Gasteiger partial charge in [0.15, 0.2) is 0 Å². The number of anilines is 1. The second-order valence-corrected chi connectivity index (χ2v) is 6.39. The van der Waals surface area contributed by atoms with Crippen LogP contribution < -0.4 is 10.1 Å². The van der Waals surface area contributed by atoms with Crippen molar-refractivity contribution in [2.45, 2.75) is 13.0 Å². The molecule has 0 radical (unpaired) electrons. The zero-order chi connectivity index (χ0) is 21.2. The summed E-state index contributed by atoms with van der Waals surface area (Å²) in [6.45, 7) is 2.33. The fraction of sp³-hybridized carbons (Fsp3) is 0.120. The largest absolute Gasteiger partial charge is 0.492 e. The van der Waals surface area contributed by atoms with E-state index in [9.17, 15) is 9.59 Å². The van der Waals surface area contributed by atoms with Crippen molar-refractivity contribution in [3.8, 4) is 5.75 Å². The van der Waals surface area contributed by atoms with Gasteiger partial charge in [-0.25, -0.2) is 4.79 Å². The molecule has 0 aromatic heterocycles. The molecule has 30 heavy (non-hydrogen) atoms. The number of carbonyl (C=O) groups is 2. The van der Waals surface area contributed by atoms with Crippen LogP contribution in [0, 0.1) is 0 Å². The zero-order valence-corrected chi connectivity index (χ0v) is 16.7. The number of benzene rings is 3. The molecule has 0 aliphatic rings. The maximum atomic E-state index is 13.0. The molecule has 0 bridgehead atoms. The number of para-hydroxylation sites is 2. The van der Waals surface area contributed by atoms with Crippen molar-refractivity contribution in [1.82, 2.24) is 0 Å². The second-order valence-electron chi connectivity index (χ2n) is 6.39. The van der Waals surface area contributed by atoms with Crippen molar-refractivity contribution in [1.29, 1.82) is 0 Å². The molecule has 0 heterocycles. The standard InChI is InChI=1S/C25H23NO4/c1-2-29-22-16-10-9-15-21(22)26-25(28)24(20-13-7-4-8-14-20)30-23(27)18-17-19-11-5-3-6-12-19/h3-18,24H,2H2,1H3,(H,26,28)/b18-17+. The van der Waals surface area contributed by atoms with Crippen LogP contribution in [-0.4, -0.2) is 18.5 Å². The first-order valence-corrected chi connectivity index (χ1v) is 9.68. The Morgan fingerprint density at radius 1 is 0.900 bits per heavy atom. The average Bonchev–Trinajstić information content (AvgIpc) is 2.79. The summed E-state index contributed by atoms with van der Waals surface area (Å²) in [6, 6.07) is 25.4. The Balaban J connectivity index is 1.78. The van der Waals surface area contributed by atoms with Crippen LogP contribution in [0.2, 0.25) is 0 Å². The van der Waals surface area contributed by atoms with E-state index in [4.69, 9.17) is 9.47 Å². The lowest BCUT2D eigenvalue weighted by atomic mass is 10.1. The quantitative estimate of drug-likeness (QED) is 0.425. The summed E-state index contributed by atoms with van der Waals surface area (Å²) >= 11 is 0. The van der Waals surface area contributed by atoms with E-state index in [0.717, 1.165) is 5.56 Å². The van der Waals surface area contributed by atoms with E-state index in [1.165, 1.54) is 6.08 Å². The Labute approximate surface area is 176 Å². The summed E-state index contributed by atoms with van der Waals surface area (Å²) in [5, 5.41) is 2.81. The first-order valence-electron chi connectivity index (χ1n) is 9.68. The van der Waals surface area contributed by atoms with Gasteiger partial charge in [-0.1, -0.05) is 72.8 Å². The van der Waals surface area contributed by atoms with Crippen molar-refractivity contribution in [2.24, 2.45) is 0 Å². The number of carbonyl (C=O) groups excluding carboxylic acids is 2. The molecule has 3 aromatic rings. The number of hydrogen-bond acceptors (Lipinski definition) is 4. The van der Waals surface area contributed by atoms with Gasteiger partial charge in [-0.3, -0.25) is 4.79 Å². The van der Waals surface area contributed by atoms with E-state index in [1.807, 2.05) is 49.4 Å². The van der Waals surface area contributed by atoms with Crippen LogP contribution in [-0.2, 0) is 14.3 Å². The van der Waals surface area contributed by atoms with E-state index >= 15 is 0 Å². The second kappa shape index (κ2) is 10.6. The topological polar surface area (TPSA) is 64.6 Å². The zero-order valence-electron chi connectivity index (χ0n) is 16.7. The maximum absolute atomic E-state index is 13.0. The molecule has 0 aliphatic heterocycles. The molecule has 152 valence electrons.